The molecule has 0 bridgehead atoms. The van der Waals surface area contributed by atoms with Gasteiger partial charge in [0.05, 0.1) is 0 Å². The normalized spacial score (nSPS) is 13.9. The number of rotatable bonds is 4. The Hall–Kier alpha value is -3.21. The molecule has 132 valence electrons. The van der Waals surface area contributed by atoms with Gasteiger partial charge in [-0.15, -0.1) is 0 Å². The number of amides is 1. The van der Waals surface area contributed by atoms with E-state index >= 15 is 0 Å². The zero-order valence-corrected chi connectivity index (χ0v) is 14.5. The molecule has 1 aliphatic rings. The van der Waals surface area contributed by atoms with E-state index in [1.54, 1.807) is 6.07 Å². The van der Waals surface area contributed by atoms with Crippen molar-refractivity contribution in [1.29, 1.82) is 0 Å². The lowest BCUT2D eigenvalue weighted by Crippen LogP contribution is -2.32. The van der Waals surface area contributed by atoms with Gasteiger partial charge in [0.25, 0.3) is 0 Å². The van der Waals surface area contributed by atoms with Crippen molar-refractivity contribution in [3.05, 3.63) is 60.7 Å². The van der Waals surface area contributed by atoms with Crippen LogP contribution in [0.3, 0.4) is 0 Å². The van der Waals surface area contributed by atoms with Gasteiger partial charge in [-0.05, 0) is 30.5 Å². The molecular formula is C21H20N2O3. The Bertz CT molecular complexity index is 950. The van der Waals surface area contributed by atoms with Gasteiger partial charge >= 0.3 is 0 Å². The van der Waals surface area contributed by atoms with Crippen molar-refractivity contribution in [3.8, 4) is 11.5 Å². The minimum Gasteiger partial charge on any atom is -0.486 e. The van der Waals surface area contributed by atoms with Gasteiger partial charge in [0.2, 0.25) is 5.91 Å². The number of hydrogen-bond acceptors (Lipinski definition) is 4. The number of fused-ring (bicyclic) bond motifs is 2. The van der Waals surface area contributed by atoms with E-state index in [4.69, 9.17) is 9.47 Å². The maximum absolute atomic E-state index is 12.6. The Balaban J connectivity index is 1.48. The molecule has 2 N–H and O–H groups in total. The molecule has 0 fully saturated rings. The van der Waals surface area contributed by atoms with E-state index in [2.05, 4.69) is 22.8 Å². The van der Waals surface area contributed by atoms with Gasteiger partial charge in [0.1, 0.15) is 19.3 Å². The van der Waals surface area contributed by atoms with Gasteiger partial charge in [-0.2, -0.15) is 0 Å². The van der Waals surface area contributed by atoms with Gasteiger partial charge in [-0.3, -0.25) is 4.79 Å². The Morgan fingerprint density at radius 2 is 1.73 bits per heavy atom. The zero-order valence-electron chi connectivity index (χ0n) is 14.5. The minimum atomic E-state index is -0.394. The summed E-state index contributed by atoms with van der Waals surface area (Å²) < 4.78 is 11.1. The second-order valence-corrected chi connectivity index (χ2v) is 6.24. The monoisotopic (exact) mass is 348 g/mol. The van der Waals surface area contributed by atoms with Crippen molar-refractivity contribution in [1.82, 2.24) is 0 Å². The van der Waals surface area contributed by atoms with Crippen LogP contribution in [-0.4, -0.2) is 25.2 Å². The first kappa shape index (κ1) is 16.3. The number of anilines is 2. The van der Waals surface area contributed by atoms with E-state index in [9.17, 15) is 4.79 Å². The SMILES string of the molecule is C[C@H](Nc1cccc2ccccc12)C(=O)Nc1ccc2c(c1)OCCO2. The van der Waals surface area contributed by atoms with Crippen molar-refractivity contribution in [2.45, 2.75) is 13.0 Å². The van der Waals surface area contributed by atoms with Crippen LogP contribution < -0.4 is 20.1 Å². The molecule has 0 aliphatic carbocycles. The van der Waals surface area contributed by atoms with Crippen LogP contribution in [0.4, 0.5) is 11.4 Å². The van der Waals surface area contributed by atoms with Crippen LogP contribution in [0.25, 0.3) is 10.8 Å². The van der Waals surface area contributed by atoms with E-state index < -0.39 is 6.04 Å². The summed E-state index contributed by atoms with van der Waals surface area (Å²) in [7, 11) is 0. The lowest BCUT2D eigenvalue weighted by atomic mass is 10.1. The molecule has 0 radical (unpaired) electrons. The smallest absolute Gasteiger partial charge is 0.246 e. The van der Waals surface area contributed by atoms with E-state index in [-0.39, 0.29) is 5.91 Å². The van der Waals surface area contributed by atoms with Gasteiger partial charge in [0, 0.05) is 22.8 Å². The third-order valence-electron chi connectivity index (χ3n) is 4.36. The Morgan fingerprint density at radius 3 is 2.62 bits per heavy atom. The summed E-state index contributed by atoms with van der Waals surface area (Å²) in [6, 6.07) is 19.1. The number of benzene rings is 3. The zero-order chi connectivity index (χ0) is 17.9. The highest BCUT2D eigenvalue weighted by atomic mass is 16.6. The van der Waals surface area contributed by atoms with Crippen LogP contribution >= 0.6 is 0 Å². The maximum Gasteiger partial charge on any atom is 0.246 e. The molecule has 0 aromatic heterocycles. The molecule has 1 heterocycles. The van der Waals surface area contributed by atoms with Gasteiger partial charge in [-0.25, -0.2) is 0 Å². The molecule has 1 amide bonds. The molecule has 0 saturated carbocycles. The van der Waals surface area contributed by atoms with Crippen molar-refractivity contribution in [3.63, 3.8) is 0 Å². The molecule has 4 rings (SSSR count). The summed E-state index contributed by atoms with van der Waals surface area (Å²) in [6.07, 6.45) is 0. The van der Waals surface area contributed by atoms with E-state index in [0.29, 0.717) is 30.4 Å². The van der Waals surface area contributed by atoms with E-state index in [0.717, 1.165) is 16.5 Å². The Labute approximate surface area is 151 Å². The summed E-state index contributed by atoms with van der Waals surface area (Å²) in [5.74, 6) is 1.24. The van der Waals surface area contributed by atoms with Crippen LogP contribution in [0.5, 0.6) is 11.5 Å². The topological polar surface area (TPSA) is 59.6 Å². The largest absolute Gasteiger partial charge is 0.486 e. The van der Waals surface area contributed by atoms with Crippen LogP contribution in [0.15, 0.2) is 60.7 Å². The van der Waals surface area contributed by atoms with Gasteiger partial charge < -0.3 is 20.1 Å². The average Bonchev–Trinajstić information content (AvgIpc) is 2.68. The molecule has 0 saturated heterocycles. The number of ether oxygens (including phenoxy) is 2. The molecule has 5 nitrogen and oxygen atoms in total. The van der Waals surface area contributed by atoms with Crippen molar-refractivity contribution >= 4 is 28.1 Å². The minimum absolute atomic E-state index is 0.116. The Kier molecular flexibility index (Phi) is 4.35. The molecule has 1 atom stereocenters. The molecule has 0 unspecified atom stereocenters. The predicted molar refractivity (Wildman–Crippen MR) is 103 cm³/mol. The predicted octanol–water partition coefficient (Wildman–Crippen LogP) is 4.05. The molecule has 3 aromatic carbocycles. The van der Waals surface area contributed by atoms with Crippen LogP contribution in [-0.2, 0) is 4.79 Å². The first-order valence-corrected chi connectivity index (χ1v) is 8.65. The molecule has 1 aliphatic heterocycles. The fourth-order valence-electron chi connectivity index (χ4n) is 3.02. The van der Waals surface area contributed by atoms with Crippen LogP contribution in [0, 0.1) is 0 Å². The highest BCUT2D eigenvalue weighted by Crippen LogP contribution is 2.32. The maximum atomic E-state index is 12.6. The van der Waals surface area contributed by atoms with Gasteiger partial charge in [0.15, 0.2) is 11.5 Å². The number of nitrogens with one attached hydrogen (secondary N) is 2. The van der Waals surface area contributed by atoms with E-state index in [1.807, 2.05) is 49.4 Å². The molecular weight excluding hydrogens is 328 g/mol. The third kappa shape index (κ3) is 3.28. The highest BCUT2D eigenvalue weighted by Gasteiger charge is 2.16. The number of hydrogen-bond donors (Lipinski definition) is 2. The third-order valence-corrected chi connectivity index (χ3v) is 4.36. The van der Waals surface area contributed by atoms with E-state index in [1.165, 1.54) is 0 Å². The second kappa shape index (κ2) is 6.96. The van der Waals surface area contributed by atoms with Crippen LogP contribution in [0.2, 0.25) is 0 Å². The molecule has 5 heteroatoms. The number of carbonyl (C=O) groups excluding carboxylic acids is 1. The number of carbonyl (C=O) groups is 1. The molecule has 26 heavy (non-hydrogen) atoms. The lowest BCUT2D eigenvalue weighted by molar-refractivity contribution is -0.116. The van der Waals surface area contributed by atoms with Gasteiger partial charge in [-0.1, -0.05) is 36.4 Å². The Morgan fingerprint density at radius 1 is 0.962 bits per heavy atom. The quantitative estimate of drug-likeness (QED) is 0.747. The second-order valence-electron chi connectivity index (χ2n) is 6.24. The van der Waals surface area contributed by atoms with Crippen molar-refractivity contribution in [2.75, 3.05) is 23.8 Å². The summed E-state index contributed by atoms with van der Waals surface area (Å²) >= 11 is 0. The highest BCUT2D eigenvalue weighted by molar-refractivity contribution is 5.99. The molecule has 3 aromatic rings. The lowest BCUT2D eigenvalue weighted by Gasteiger charge is -2.20. The fraction of sp³-hybridized carbons (Fsp3) is 0.190. The average molecular weight is 348 g/mol. The summed E-state index contributed by atoms with van der Waals surface area (Å²) in [5.41, 5.74) is 1.62. The fourth-order valence-corrected chi connectivity index (χ4v) is 3.02. The molecule has 0 spiro atoms. The first-order chi connectivity index (χ1) is 12.7. The first-order valence-electron chi connectivity index (χ1n) is 8.65. The van der Waals surface area contributed by atoms with Crippen molar-refractivity contribution in [2.24, 2.45) is 0 Å². The summed E-state index contributed by atoms with van der Waals surface area (Å²) in [5, 5.41) is 8.45. The van der Waals surface area contributed by atoms with Crippen LogP contribution in [0.1, 0.15) is 6.92 Å². The summed E-state index contributed by atoms with van der Waals surface area (Å²) in [6.45, 7) is 2.91. The summed E-state index contributed by atoms with van der Waals surface area (Å²) in [4.78, 5) is 12.6. The standard InChI is InChI=1S/C21H20N2O3/c1-14(22-18-8-4-6-15-5-2-3-7-17(15)18)21(24)23-16-9-10-19-20(13-16)26-12-11-25-19/h2-10,13-14,22H,11-12H2,1H3,(H,23,24)/t14-/m0/s1. The van der Waals surface area contributed by atoms with Crippen molar-refractivity contribution < 1.29 is 14.3 Å².